The van der Waals surface area contributed by atoms with Crippen LogP contribution in [-0.2, 0) is 6.42 Å². The minimum Gasteiger partial charge on any atom is -0.372 e. The maximum Gasteiger partial charge on any atom is 0.319 e. The van der Waals surface area contributed by atoms with Gasteiger partial charge in [-0.2, -0.15) is 0 Å². The summed E-state index contributed by atoms with van der Waals surface area (Å²) < 4.78 is 0. The van der Waals surface area contributed by atoms with Crippen LogP contribution in [0.5, 0.6) is 0 Å². The maximum atomic E-state index is 12.2. The Bertz CT molecular complexity index is 912. The van der Waals surface area contributed by atoms with Crippen molar-refractivity contribution >= 4 is 28.3 Å². The molecule has 5 nitrogen and oxygen atoms in total. The molecule has 2 amide bonds. The molecule has 0 aliphatic carbocycles. The average Bonchev–Trinajstić information content (AvgIpc) is 3.08. The number of aromatic amines is 1. The van der Waals surface area contributed by atoms with E-state index in [1.165, 1.54) is 16.6 Å². The third kappa shape index (κ3) is 4.42. The van der Waals surface area contributed by atoms with Crippen LogP contribution in [0.3, 0.4) is 0 Å². The summed E-state index contributed by atoms with van der Waals surface area (Å²) in [6.07, 6.45) is 2.80. The van der Waals surface area contributed by atoms with Crippen molar-refractivity contribution in [3.63, 3.8) is 0 Å². The fourth-order valence-electron chi connectivity index (χ4n) is 3.39. The van der Waals surface area contributed by atoms with E-state index in [1.807, 2.05) is 31.3 Å². The summed E-state index contributed by atoms with van der Waals surface area (Å²) in [4.78, 5) is 17.8. The summed E-state index contributed by atoms with van der Waals surface area (Å²) in [5.74, 6) is 0. The number of nitrogens with zero attached hydrogens (tertiary/aromatic N) is 1. The molecule has 2 aromatic carbocycles. The highest BCUT2D eigenvalue weighted by Gasteiger charge is 2.08. The van der Waals surface area contributed by atoms with Gasteiger partial charge in [0.25, 0.3) is 0 Å². The number of carbonyl (C=O) groups is 1. The minimum atomic E-state index is -0.173. The second-order valence-electron chi connectivity index (χ2n) is 6.66. The van der Waals surface area contributed by atoms with E-state index in [4.69, 9.17) is 0 Å². The summed E-state index contributed by atoms with van der Waals surface area (Å²) in [5.41, 5.74) is 5.43. The summed E-state index contributed by atoms with van der Waals surface area (Å²) >= 11 is 0. The number of aryl methyl sites for hydroxylation is 1. The highest BCUT2D eigenvalue weighted by molar-refractivity contribution is 5.90. The number of hydrogen-bond donors (Lipinski definition) is 3. The largest absolute Gasteiger partial charge is 0.372 e. The second kappa shape index (κ2) is 8.62. The quantitative estimate of drug-likeness (QED) is 0.570. The minimum absolute atomic E-state index is 0.173. The molecule has 1 heterocycles. The van der Waals surface area contributed by atoms with E-state index in [0.29, 0.717) is 6.54 Å². The van der Waals surface area contributed by atoms with Gasteiger partial charge in [-0.15, -0.1) is 0 Å². The van der Waals surface area contributed by atoms with Crippen LogP contribution in [0, 0.1) is 6.92 Å². The van der Waals surface area contributed by atoms with Crippen molar-refractivity contribution in [1.29, 1.82) is 0 Å². The van der Waals surface area contributed by atoms with Gasteiger partial charge in [-0.3, -0.25) is 0 Å². The van der Waals surface area contributed by atoms with Gasteiger partial charge < -0.3 is 20.5 Å². The number of hydrogen-bond acceptors (Lipinski definition) is 2. The van der Waals surface area contributed by atoms with Gasteiger partial charge in [0, 0.05) is 48.1 Å². The molecule has 1 aromatic heterocycles. The van der Waals surface area contributed by atoms with Crippen LogP contribution in [0.15, 0.2) is 48.7 Å². The Morgan fingerprint density at radius 3 is 2.63 bits per heavy atom. The zero-order chi connectivity index (χ0) is 19.2. The number of anilines is 2. The molecule has 0 unspecified atom stereocenters. The van der Waals surface area contributed by atoms with E-state index in [2.05, 4.69) is 58.6 Å². The van der Waals surface area contributed by atoms with Gasteiger partial charge in [0.15, 0.2) is 0 Å². The van der Waals surface area contributed by atoms with Crippen LogP contribution in [0.1, 0.15) is 25.0 Å². The Balaban J connectivity index is 1.55. The smallest absolute Gasteiger partial charge is 0.319 e. The molecule has 0 radical (unpaired) electrons. The van der Waals surface area contributed by atoms with Crippen molar-refractivity contribution in [2.75, 3.05) is 29.9 Å². The molecule has 142 valence electrons. The SMILES string of the molecule is CCN(CC)c1ccc(NC(=O)NCCc2c[nH]c3ccccc23)c(C)c1. The molecule has 0 aliphatic heterocycles. The van der Waals surface area contributed by atoms with Crippen molar-refractivity contribution in [3.8, 4) is 0 Å². The second-order valence-corrected chi connectivity index (χ2v) is 6.66. The normalized spacial score (nSPS) is 10.8. The summed E-state index contributed by atoms with van der Waals surface area (Å²) in [7, 11) is 0. The lowest BCUT2D eigenvalue weighted by atomic mass is 10.1. The summed E-state index contributed by atoms with van der Waals surface area (Å²) in [6.45, 7) is 8.84. The Kier molecular flexibility index (Phi) is 6.01. The number of urea groups is 1. The van der Waals surface area contributed by atoms with Gasteiger partial charge in [0.2, 0.25) is 0 Å². The number of fused-ring (bicyclic) bond motifs is 1. The standard InChI is InChI=1S/C22H28N4O/c1-4-26(5-2)18-10-11-20(16(3)14-18)25-22(27)23-13-12-17-15-24-21-9-7-6-8-19(17)21/h6-11,14-15,24H,4-5,12-13H2,1-3H3,(H2,23,25,27). The summed E-state index contributed by atoms with van der Waals surface area (Å²) in [6, 6.07) is 14.2. The zero-order valence-electron chi connectivity index (χ0n) is 16.3. The fraction of sp³-hybridized carbons (Fsp3) is 0.318. The van der Waals surface area contributed by atoms with Gasteiger partial charge in [-0.25, -0.2) is 4.79 Å². The van der Waals surface area contributed by atoms with E-state index < -0.39 is 0 Å². The molecule has 0 saturated heterocycles. The van der Waals surface area contributed by atoms with Crippen LogP contribution in [0.2, 0.25) is 0 Å². The molecule has 0 bridgehead atoms. The van der Waals surface area contributed by atoms with Gasteiger partial charge in [0.1, 0.15) is 0 Å². The number of benzene rings is 2. The number of amides is 2. The van der Waals surface area contributed by atoms with Gasteiger partial charge in [-0.1, -0.05) is 18.2 Å². The molecule has 0 saturated carbocycles. The van der Waals surface area contributed by atoms with Crippen molar-refractivity contribution in [2.24, 2.45) is 0 Å². The third-order valence-electron chi connectivity index (χ3n) is 4.94. The van der Waals surface area contributed by atoms with E-state index in [0.717, 1.165) is 36.3 Å². The highest BCUT2D eigenvalue weighted by Crippen LogP contribution is 2.22. The predicted octanol–water partition coefficient (Wildman–Crippen LogP) is 4.69. The van der Waals surface area contributed by atoms with E-state index in [-0.39, 0.29) is 6.03 Å². The molecule has 0 fully saturated rings. The van der Waals surface area contributed by atoms with Crippen molar-refractivity contribution in [3.05, 3.63) is 59.8 Å². The Morgan fingerprint density at radius 2 is 1.89 bits per heavy atom. The van der Waals surface area contributed by atoms with Crippen molar-refractivity contribution in [2.45, 2.75) is 27.2 Å². The monoisotopic (exact) mass is 364 g/mol. The lowest BCUT2D eigenvalue weighted by molar-refractivity contribution is 0.252. The first-order valence-electron chi connectivity index (χ1n) is 9.57. The van der Waals surface area contributed by atoms with Crippen LogP contribution >= 0.6 is 0 Å². The first-order chi connectivity index (χ1) is 13.1. The Labute approximate surface area is 160 Å². The van der Waals surface area contributed by atoms with Crippen LogP contribution in [0.4, 0.5) is 16.2 Å². The summed E-state index contributed by atoms with van der Waals surface area (Å²) in [5, 5.41) is 7.11. The van der Waals surface area contributed by atoms with Crippen LogP contribution in [0.25, 0.3) is 10.9 Å². The molecular formula is C22H28N4O. The number of H-pyrrole nitrogens is 1. The molecule has 0 spiro atoms. The number of carbonyl (C=O) groups excluding carboxylic acids is 1. The molecule has 0 atom stereocenters. The molecule has 27 heavy (non-hydrogen) atoms. The molecule has 3 rings (SSSR count). The number of rotatable bonds is 7. The topological polar surface area (TPSA) is 60.2 Å². The van der Waals surface area contributed by atoms with Gasteiger partial charge in [-0.05, 0) is 62.6 Å². The molecule has 3 N–H and O–H groups in total. The number of nitrogens with one attached hydrogen (secondary N) is 3. The number of aromatic nitrogens is 1. The van der Waals surface area contributed by atoms with Gasteiger partial charge >= 0.3 is 6.03 Å². The third-order valence-corrected chi connectivity index (χ3v) is 4.94. The zero-order valence-corrected chi connectivity index (χ0v) is 16.3. The van der Waals surface area contributed by atoms with Crippen molar-refractivity contribution < 1.29 is 4.79 Å². The highest BCUT2D eigenvalue weighted by atomic mass is 16.2. The molecular weight excluding hydrogens is 336 g/mol. The Hall–Kier alpha value is -2.95. The van der Waals surface area contributed by atoms with Crippen molar-refractivity contribution in [1.82, 2.24) is 10.3 Å². The average molecular weight is 364 g/mol. The molecule has 3 aromatic rings. The number of para-hydroxylation sites is 1. The molecule has 0 aliphatic rings. The van der Waals surface area contributed by atoms with E-state index in [9.17, 15) is 4.79 Å². The lowest BCUT2D eigenvalue weighted by Gasteiger charge is -2.22. The Morgan fingerprint density at radius 1 is 1.11 bits per heavy atom. The fourth-order valence-corrected chi connectivity index (χ4v) is 3.39. The van der Waals surface area contributed by atoms with Crippen LogP contribution in [-0.4, -0.2) is 30.6 Å². The van der Waals surface area contributed by atoms with Crippen LogP contribution < -0.4 is 15.5 Å². The lowest BCUT2D eigenvalue weighted by Crippen LogP contribution is -2.30. The predicted molar refractivity (Wildman–Crippen MR) is 114 cm³/mol. The van der Waals surface area contributed by atoms with E-state index in [1.54, 1.807) is 0 Å². The maximum absolute atomic E-state index is 12.2. The first kappa shape index (κ1) is 18.8. The van der Waals surface area contributed by atoms with Gasteiger partial charge in [0.05, 0.1) is 0 Å². The van der Waals surface area contributed by atoms with E-state index >= 15 is 0 Å². The molecule has 5 heteroatoms. The first-order valence-corrected chi connectivity index (χ1v) is 9.57.